The highest BCUT2D eigenvalue weighted by molar-refractivity contribution is 6.30. The molecule has 2 heterocycles. The van der Waals surface area contributed by atoms with Crippen molar-refractivity contribution in [3.8, 4) is 11.4 Å². The Morgan fingerprint density at radius 2 is 1.93 bits per heavy atom. The number of halogens is 2. The number of carbonyl (C=O) groups excluding carboxylic acids is 1. The fraction of sp³-hybridized carbons (Fsp3) is 0.250. The summed E-state index contributed by atoms with van der Waals surface area (Å²) in [6, 6.07) is 12.7. The second-order valence-electron chi connectivity index (χ2n) is 6.69. The molecule has 2 amide bonds. The van der Waals surface area contributed by atoms with Crippen LogP contribution < -0.4 is 5.32 Å². The summed E-state index contributed by atoms with van der Waals surface area (Å²) in [7, 11) is 0. The van der Waals surface area contributed by atoms with Crippen LogP contribution in [0.1, 0.15) is 24.7 Å². The number of aromatic nitrogens is 2. The number of urea groups is 1. The fourth-order valence-electron chi connectivity index (χ4n) is 3.22. The van der Waals surface area contributed by atoms with Crippen molar-refractivity contribution in [2.24, 2.45) is 0 Å². The van der Waals surface area contributed by atoms with E-state index in [0.717, 1.165) is 12.8 Å². The maximum Gasteiger partial charge on any atom is 0.321 e. The maximum absolute atomic E-state index is 13.1. The number of nitrogens with one attached hydrogen (secondary N) is 1. The molecule has 144 valence electrons. The molecule has 6 nitrogen and oxygen atoms in total. The Bertz CT molecular complexity index is 959. The molecule has 0 radical (unpaired) electrons. The third-order valence-corrected chi connectivity index (χ3v) is 4.95. The first-order valence-electron chi connectivity index (χ1n) is 8.99. The second kappa shape index (κ2) is 7.98. The number of piperidine rings is 1. The molecule has 28 heavy (non-hydrogen) atoms. The molecule has 0 spiro atoms. The number of anilines is 1. The van der Waals surface area contributed by atoms with Crippen LogP contribution in [-0.2, 0) is 0 Å². The molecule has 0 bridgehead atoms. The van der Waals surface area contributed by atoms with Crippen molar-refractivity contribution >= 4 is 23.3 Å². The summed E-state index contributed by atoms with van der Waals surface area (Å²) in [6.07, 6.45) is 1.70. The average Bonchev–Trinajstić information content (AvgIpc) is 3.21. The molecule has 1 atom stereocenters. The summed E-state index contributed by atoms with van der Waals surface area (Å²) < 4.78 is 18.5. The van der Waals surface area contributed by atoms with Gasteiger partial charge in [0.15, 0.2) is 0 Å². The van der Waals surface area contributed by atoms with Gasteiger partial charge in [-0.15, -0.1) is 0 Å². The van der Waals surface area contributed by atoms with Crippen LogP contribution in [0.4, 0.5) is 14.9 Å². The van der Waals surface area contributed by atoms with E-state index >= 15 is 0 Å². The molecule has 1 aliphatic rings. The maximum atomic E-state index is 13.1. The van der Waals surface area contributed by atoms with Gasteiger partial charge in [-0.2, -0.15) is 4.98 Å². The molecule has 1 aromatic heterocycles. The van der Waals surface area contributed by atoms with Gasteiger partial charge in [0.25, 0.3) is 0 Å². The van der Waals surface area contributed by atoms with Gasteiger partial charge in [0.05, 0.1) is 5.92 Å². The molecule has 2 aromatic carbocycles. The first-order chi connectivity index (χ1) is 13.6. The van der Waals surface area contributed by atoms with E-state index in [-0.39, 0.29) is 17.8 Å². The monoisotopic (exact) mass is 400 g/mol. The van der Waals surface area contributed by atoms with E-state index in [9.17, 15) is 9.18 Å². The minimum absolute atomic E-state index is 0.0357. The van der Waals surface area contributed by atoms with Crippen LogP contribution in [0.2, 0.25) is 5.02 Å². The number of amides is 2. The second-order valence-corrected chi connectivity index (χ2v) is 7.12. The number of nitrogens with zero attached hydrogens (tertiary/aromatic N) is 3. The van der Waals surface area contributed by atoms with E-state index in [4.69, 9.17) is 16.1 Å². The van der Waals surface area contributed by atoms with Gasteiger partial charge in [-0.05, 0) is 61.4 Å². The average molecular weight is 401 g/mol. The number of hydrogen-bond donors (Lipinski definition) is 1. The van der Waals surface area contributed by atoms with Gasteiger partial charge in [0.2, 0.25) is 11.7 Å². The van der Waals surface area contributed by atoms with Crippen molar-refractivity contribution in [2.75, 3.05) is 18.4 Å². The normalized spacial score (nSPS) is 16.8. The molecule has 1 saturated heterocycles. The zero-order chi connectivity index (χ0) is 19.5. The van der Waals surface area contributed by atoms with Crippen molar-refractivity contribution in [3.05, 3.63) is 65.3 Å². The first-order valence-corrected chi connectivity index (χ1v) is 9.37. The highest BCUT2D eigenvalue weighted by atomic mass is 35.5. The van der Waals surface area contributed by atoms with E-state index in [1.807, 2.05) is 0 Å². The summed E-state index contributed by atoms with van der Waals surface area (Å²) in [6.45, 7) is 1.15. The standard InChI is InChI=1S/C20H18ClFN4O2/c21-15-5-9-17(10-6-15)23-20(27)26-11-1-2-14(12-26)19-24-18(25-28-19)13-3-7-16(22)8-4-13/h3-10,14H,1-2,11-12H2,(H,23,27). The van der Waals surface area contributed by atoms with E-state index in [2.05, 4.69) is 15.5 Å². The summed E-state index contributed by atoms with van der Waals surface area (Å²) >= 11 is 5.87. The summed E-state index contributed by atoms with van der Waals surface area (Å²) in [5.74, 6) is 0.551. The van der Waals surface area contributed by atoms with Crippen molar-refractivity contribution < 1.29 is 13.7 Å². The van der Waals surface area contributed by atoms with Crippen LogP contribution in [0.3, 0.4) is 0 Å². The minimum Gasteiger partial charge on any atom is -0.339 e. The summed E-state index contributed by atoms with van der Waals surface area (Å²) in [5, 5.41) is 7.49. The Balaban J connectivity index is 1.43. The molecule has 1 aliphatic heterocycles. The fourth-order valence-corrected chi connectivity index (χ4v) is 3.34. The first kappa shape index (κ1) is 18.4. The molecule has 3 aromatic rings. The van der Waals surface area contributed by atoms with E-state index < -0.39 is 0 Å². The lowest BCUT2D eigenvalue weighted by Crippen LogP contribution is -2.41. The van der Waals surface area contributed by atoms with Crippen molar-refractivity contribution in [1.29, 1.82) is 0 Å². The molecule has 1 N–H and O–H groups in total. The van der Waals surface area contributed by atoms with Crippen LogP contribution in [0, 0.1) is 5.82 Å². The summed E-state index contributed by atoms with van der Waals surface area (Å²) in [4.78, 5) is 18.8. The van der Waals surface area contributed by atoms with Gasteiger partial charge in [0.1, 0.15) is 5.82 Å². The Morgan fingerprint density at radius 3 is 2.68 bits per heavy atom. The van der Waals surface area contributed by atoms with E-state index in [0.29, 0.717) is 41.1 Å². The minimum atomic E-state index is -0.318. The predicted molar refractivity (Wildman–Crippen MR) is 104 cm³/mol. The Kier molecular flexibility index (Phi) is 5.25. The molecule has 0 aliphatic carbocycles. The zero-order valence-corrected chi connectivity index (χ0v) is 15.7. The van der Waals surface area contributed by atoms with Crippen LogP contribution in [-0.4, -0.2) is 34.2 Å². The number of carbonyl (C=O) groups is 1. The lowest BCUT2D eigenvalue weighted by Gasteiger charge is -2.31. The lowest BCUT2D eigenvalue weighted by molar-refractivity contribution is 0.184. The van der Waals surface area contributed by atoms with Crippen molar-refractivity contribution in [1.82, 2.24) is 15.0 Å². The zero-order valence-electron chi connectivity index (χ0n) is 14.9. The number of rotatable bonds is 3. The third-order valence-electron chi connectivity index (χ3n) is 4.70. The van der Waals surface area contributed by atoms with Gasteiger partial charge in [0, 0.05) is 29.4 Å². The Hall–Kier alpha value is -2.93. The number of likely N-dealkylation sites (tertiary alicyclic amines) is 1. The Morgan fingerprint density at radius 1 is 1.18 bits per heavy atom. The molecule has 0 saturated carbocycles. The Labute approximate surface area is 166 Å². The van der Waals surface area contributed by atoms with Crippen molar-refractivity contribution in [2.45, 2.75) is 18.8 Å². The smallest absolute Gasteiger partial charge is 0.321 e. The SMILES string of the molecule is O=C(Nc1ccc(Cl)cc1)N1CCCC(c2nc(-c3ccc(F)cc3)no2)C1. The van der Waals surface area contributed by atoms with Crippen LogP contribution in [0.15, 0.2) is 53.1 Å². The largest absolute Gasteiger partial charge is 0.339 e. The predicted octanol–water partition coefficient (Wildman–Crippen LogP) is 4.94. The molecular weight excluding hydrogens is 383 g/mol. The highest BCUT2D eigenvalue weighted by Gasteiger charge is 2.28. The van der Waals surface area contributed by atoms with Gasteiger partial charge >= 0.3 is 6.03 Å². The molecule has 8 heteroatoms. The molecular formula is C20H18ClFN4O2. The third kappa shape index (κ3) is 4.14. The van der Waals surface area contributed by atoms with Crippen LogP contribution in [0.5, 0.6) is 0 Å². The van der Waals surface area contributed by atoms with Gasteiger partial charge < -0.3 is 14.7 Å². The van der Waals surface area contributed by atoms with Gasteiger partial charge in [-0.25, -0.2) is 9.18 Å². The van der Waals surface area contributed by atoms with Crippen molar-refractivity contribution in [3.63, 3.8) is 0 Å². The summed E-state index contributed by atoms with van der Waals surface area (Å²) in [5.41, 5.74) is 1.37. The van der Waals surface area contributed by atoms with Crippen LogP contribution in [0.25, 0.3) is 11.4 Å². The van der Waals surface area contributed by atoms with Gasteiger partial charge in [-0.1, -0.05) is 16.8 Å². The molecule has 4 rings (SSSR count). The quantitative estimate of drug-likeness (QED) is 0.675. The number of hydrogen-bond acceptors (Lipinski definition) is 4. The topological polar surface area (TPSA) is 71.3 Å². The van der Waals surface area contributed by atoms with E-state index in [1.165, 1.54) is 12.1 Å². The molecule has 1 unspecified atom stereocenters. The highest BCUT2D eigenvalue weighted by Crippen LogP contribution is 2.28. The van der Waals surface area contributed by atoms with E-state index in [1.54, 1.807) is 41.3 Å². The lowest BCUT2D eigenvalue weighted by atomic mass is 9.98. The van der Waals surface area contributed by atoms with Crippen LogP contribution >= 0.6 is 11.6 Å². The van der Waals surface area contributed by atoms with Gasteiger partial charge in [-0.3, -0.25) is 0 Å². The number of benzene rings is 2. The molecule has 1 fully saturated rings.